The molecule has 20 heavy (non-hydrogen) atoms. The van der Waals surface area contributed by atoms with E-state index in [0.717, 1.165) is 50.1 Å². The molecule has 6 heteroatoms. The summed E-state index contributed by atoms with van der Waals surface area (Å²) < 4.78 is 5.24. The molecule has 0 bridgehead atoms. The lowest BCUT2D eigenvalue weighted by atomic mass is 9.78. The van der Waals surface area contributed by atoms with Crippen molar-refractivity contribution in [3.05, 3.63) is 11.7 Å². The van der Waals surface area contributed by atoms with Gasteiger partial charge in [0.05, 0.1) is 6.54 Å². The standard InChI is InChI=1S/C14H24N4O.ClH/c1-2-4-14-16-13(17-19-14)9-18-7-10-5-3-6-12(15)11(10)8-18;/h10-12H,2-9,15H2,1H3;1H. The second kappa shape index (κ2) is 6.87. The molecular formula is C14H25ClN4O. The van der Waals surface area contributed by atoms with E-state index in [4.69, 9.17) is 10.3 Å². The Morgan fingerprint density at radius 2 is 2.20 bits per heavy atom. The van der Waals surface area contributed by atoms with E-state index in [1.165, 1.54) is 19.3 Å². The second-order valence-corrected chi connectivity index (χ2v) is 6.07. The highest BCUT2D eigenvalue weighted by Crippen LogP contribution is 2.35. The average Bonchev–Trinajstić information content (AvgIpc) is 2.98. The Morgan fingerprint density at radius 1 is 1.35 bits per heavy atom. The highest BCUT2D eigenvalue weighted by molar-refractivity contribution is 5.85. The molecule has 114 valence electrons. The fourth-order valence-electron chi connectivity index (χ4n) is 3.61. The smallest absolute Gasteiger partial charge is 0.226 e. The van der Waals surface area contributed by atoms with Gasteiger partial charge >= 0.3 is 0 Å². The zero-order valence-electron chi connectivity index (χ0n) is 12.1. The highest BCUT2D eigenvalue weighted by atomic mass is 35.5. The summed E-state index contributed by atoms with van der Waals surface area (Å²) in [7, 11) is 0. The average molecular weight is 301 g/mol. The van der Waals surface area contributed by atoms with Gasteiger partial charge in [0.2, 0.25) is 5.89 Å². The van der Waals surface area contributed by atoms with Gasteiger partial charge in [0.15, 0.2) is 5.82 Å². The Labute approximate surface area is 126 Å². The zero-order chi connectivity index (χ0) is 13.2. The Morgan fingerprint density at radius 3 is 2.95 bits per heavy atom. The van der Waals surface area contributed by atoms with Crippen molar-refractivity contribution in [3.8, 4) is 0 Å². The van der Waals surface area contributed by atoms with E-state index in [1.807, 2.05) is 0 Å². The van der Waals surface area contributed by atoms with Crippen LogP contribution in [0.5, 0.6) is 0 Å². The van der Waals surface area contributed by atoms with Gasteiger partial charge in [-0.05, 0) is 31.1 Å². The number of rotatable bonds is 4. The quantitative estimate of drug-likeness (QED) is 0.921. The molecule has 1 aromatic heterocycles. The molecule has 3 unspecified atom stereocenters. The maximum atomic E-state index is 6.24. The van der Waals surface area contributed by atoms with Gasteiger partial charge in [-0.25, -0.2) is 0 Å². The van der Waals surface area contributed by atoms with Crippen molar-refractivity contribution < 1.29 is 4.52 Å². The summed E-state index contributed by atoms with van der Waals surface area (Å²) in [6, 6.07) is 0.393. The van der Waals surface area contributed by atoms with Gasteiger partial charge < -0.3 is 10.3 Å². The number of halogens is 1. The van der Waals surface area contributed by atoms with Crippen molar-refractivity contribution in [1.82, 2.24) is 15.0 Å². The number of hydrogen-bond donors (Lipinski definition) is 1. The molecule has 5 nitrogen and oxygen atoms in total. The first-order valence-electron chi connectivity index (χ1n) is 7.55. The minimum atomic E-state index is 0. The van der Waals surface area contributed by atoms with E-state index >= 15 is 0 Å². The van der Waals surface area contributed by atoms with Crippen molar-refractivity contribution in [2.45, 2.75) is 51.6 Å². The monoisotopic (exact) mass is 300 g/mol. The number of aromatic nitrogens is 2. The first kappa shape index (κ1) is 15.7. The maximum Gasteiger partial charge on any atom is 0.226 e. The number of nitrogens with two attached hydrogens (primary N) is 1. The molecule has 1 aliphatic carbocycles. The van der Waals surface area contributed by atoms with Gasteiger partial charge in [0.1, 0.15) is 0 Å². The number of likely N-dealkylation sites (tertiary alicyclic amines) is 1. The van der Waals surface area contributed by atoms with Crippen LogP contribution in [0.1, 0.15) is 44.3 Å². The fourth-order valence-corrected chi connectivity index (χ4v) is 3.61. The summed E-state index contributed by atoms with van der Waals surface area (Å²) in [4.78, 5) is 6.89. The van der Waals surface area contributed by atoms with Crippen LogP contribution in [0.25, 0.3) is 0 Å². The fraction of sp³-hybridized carbons (Fsp3) is 0.857. The number of aryl methyl sites for hydroxylation is 1. The summed E-state index contributed by atoms with van der Waals surface area (Å²) in [6.45, 7) is 5.18. The van der Waals surface area contributed by atoms with Crippen molar-refractivity contribution in [2.24, 2.45) is 17.6 Å². The molecule has 2 N–H and O–H groups in total. The van der Waals surface area contributed by atoms with Crippen LogP contribution in [0.2, 0.25) is 0 Å². The first-order valence-corrected chi connectivity index (χ1v) is 7.55. The summed E-state index contributed by atoms with van der Waals surface area (Å²) in [6.07, 6.45) is 5.74. The normalized spacial score (nSPS) is 30.0. The summed E-state index contributed by atoms with van der Waals surface area (Å²) >= 11 is 0. The SMILES string of the molecule is CCCc1nc(CN2CC3CCCC(N)C3C2)no1.Cl. The van der Waals surface area contributed by atoms with Crippen LogP contribution in [0, 0.1) is 11.8 Å². The van der Waals surface area contributed by atoms with Gasteiger partial charge in [0, 0.05) is 25.6 Å². The van der Waals surface area contributed by atoms with Gasteiger partial charge in [0.25, 0.3) is 0 Å². The van der Waals surface area contributed by atoms with Crippen molar-refractivity contribution in [1.29, 1.82) is 0 Å². The molecule has 0 aromatic carbocycles. The van der Waals surface area contributed by atoms with E-state index in [0.29, 0.717) is 12.0 Å². The van der Waals surface area contributed by atoms with Crippen LogP contribution in [0.15, 0.2) is 4.52 Å². The minimum absolute atomic E-state index is 0. The lowest BCUT2D eigenvalue weighted by Gasteiger charge is -2.29. The minimum Gasteiger partial charge on any atom is -0.339 e. The van der Waals surface area contributed by atoms with Crippen LogP contribution < -0.4 is 5.73 Å². The van der Waals surface area contributed by atoms with Crippen LogP contribution >= 0.6 is 12.4 Å². The Kier molecular flexibility index (Phi) is 5.41. The molecular weight excluding hydrogens is 276 g/mol. The maximum absolute atomic E-state index is 6.24. The van der Waals surface area contributed by atoms with Gasteiger partial charge in [-0.3, -0.25) is 4.90 Å². The lowest BCUT2D eigenvalue weighted by Crippen LogP contribution is -2.38. The summed E-state index contributed by atoms with van der Waals surface area (Å²) in [5.74, 6) is 3.06. The van der Waals surface area contributed by atoms with Crippen LogP contribution in [-0.4, -0.2) is 34.2 Å². The molecule has 1 aliphatic heterocycles. The molecule has 1 aromatic rings. The molecule has 1 saturated carbocycles. The van der Waals surface area contributed by atoms with E-state index in [2.05, 4.69) is 22.0 Å². The lowest BCUT2D eigenvalue weighted by molar-refractivity contribution is 0.258. The van der Waals surface area contributed by atoms with Crippen molar-refractivity contribution in [3.63, 3.8) is 0 Å². The van der Waals surface area contributed by atoms with Crippen molar-refractivity contribution in [2.75, 3.05) is 13.1 Å². The Bertz CT molecular complexity index is 425. The summed E-state index contributed by atoms with van der Waals surface area (Å²) in [5, 5.41) is 4.08. The van der Waals surface area contributed by atoms with Gasteiger partial charge in [-0.2, -0.15) is 4.98 Å². The number of nitrogens with zero attached hydrogens (tertiary/aromatic N) is 3. The third-order valence-corrected chi connectivity index (χ3v) is 4.57. The van der Waals surface area contributed by atoms with Crippen molar-refractivity contribution >= 4 is 12.4 Å². The van der Waals surface area contributed by atoms with Crippen LogP contribution in [-0.2, 0) is 13.0 Å². The summed E-state index contributed by atoms with van der Waals surface area (Å²) in [5.41, 5.74) is 6.24. The number of fused-ring (bicyclic) bond motifs is 1. The first-order chi connectivity index (χ1) is 9.26. The molecule has 0 amide bonds. The van der Waals surface area contributed by atoms with E-state index in [9.17, 15) is 0 Å². The topological polar surface area (TPSA) is 68.2 Å². The molecule has 2 aliphatic rings. The predicted octanol–water partition coefficient (Wildman–Crippen LogP) is 2.00. The molecule has 2 heterocycles. The van der Waals surface area contributed by atoms with Gasteiger partial charge in [-0.1, -0.05) is 18.5 Å². The third kappa shape index (κ3) is 3.32. The zero-order valence-corrected chi connectivity index (χ0v) is 12.9. The highest BCUT2D eigenvalue weighted by Gasteiger charge is 2.38. The molecule has 2 fully saturated rings. The van der Waals surface area contributed by atoms with E-state index in [1.54, 1.807) is 0 Å². The molecule has 0 radical (unpaired) electrons. The third-order valence-electron chi connectivity index (χ3n) is 4.57. The molecule has 1 saturated heterocycles. The van der Waals surface area contributed by atoms with E-state index < -0.39 is 0 Å². The predicted molar refractivity (Wildman–Crippen MR) is 79.6 cm³/mol. The van der Waals surface area contributed by atoms with Gasteiger partial charge in [-0.15, -0.1) is 12.4 Å². The Hall–Kier alpha value is -0.650. The second-order valence-electron chi connectivity index (χ2n) is 6.07. The molecule has 0 spiro atoms. The largest absolute Gasteiger partial charge is 0.339 e. The Balaban J connectivity index is 0.00000147. The van der Waals surface area contributed by atoms with Crippen LogP contribution in [0.3, 0.4) is 0 Å². The van der Waals surface area contributed by atoms with Crippen LogP contribution in [0.4, 0.5) is 0 Å². The number of hydrogen-bond acceptors (Lipinski definition) is 5. The van der Waals surface area contributed by atoms with E-state index in [-0.39, 0.29) is 12.4 Å². The molecule has 3 atom stereocenters. The molecule has 3 rings (SSSR count).